The molecular weight excluding hydrogens is 486 g/mol. The average molecular weight is 512 g/mol. The molecule has 184 valence electrons. The zero-order valence-corrected chi connectivity index (χ0v) is 19.9. The van der Waals surface area contributed by atoms with Crippen LogP contribution in [0.4, 0.5) is 6.01 Å². The number of carbonyl (C=O) groups excluding carboxylic acids is 1. The molecule has 0 saturated carbocycles. The number of hydrogen-bond donors (Lipinski definition) is 3. The molecule has 1 fully saturated rings. The van der Waals surface area contributed by atoms with Crippen LogP contribution in [0.2, 0.25) is 0 Å². The van der Waals surface area contributed by atoms with Gasteiger partial charge in [-0.2, -0.15) is 4.98 Å². The van der Waals surface area contributed by atoms with E-state index in [2.05, 4.69) is 10.3 Å². The Morgan fingerprint density at radius 2 is 1.82 bits per heavy atom. The average Bonchev–Trinajstić information content (AvgIpc) is 3.27. The number of ether oxygens (including phenoxy) is 2. The van der Waals surface area contributed by atoms with Crippen molar-refractivity contribution >= 4 is 45.3 Å². The van der Waals surface area contributed by atoms with Crippen molar-refractivity contribution < 1.29 is 32.3 Å². The van der Waals surface area contributed by atoms with E-state index in [1.807, 2.05) is 24.3 Å². The highest BCUT2D eigenvalue weighted by molar-refractivity contribution is 7.93. The highest BCUT2D eigenvalue weighted by atomic mass is 35.5. The van der Waals surface area contributed by atoms with Crippen molar-refractivity contribution in [3.05, 3.63) is 48.5 Å². The monoisotopic (exact) mass is 511 g/mol. The van der Waals surface area contributed by atoms with Crippen LogP contribution < -0.4 is 15.5 Å². The Morgan fingerprint density at radius 3 is 2.50 bits per heavy atom. The fourth-order valence-electron chi connectivity index (χ4n) is 3.77. The Kier molecular flexibility index (Phi) is 8.37. The number of halogens is 1. The maximum atomic E-state index is 13.2. The fraction of sp³-hybridized carbons (Fsp3) is 0.364. The molecule has 2 heterocycles. The lowest BCUT2D eigenvalue weighted by molar-refractivity contribution is -0.134. The second kappa shape index (κ2) is 11.0. The summed E-state index contributed by atoms with van der Waals surface area (Å²) in [5.41, 5.74) is 3.00. The summed E-state index contributed by atoms with van der Waals surface area (Å²) in [6, 6.07) is 13.8. The number of nitrogens with one attached hydrogen (secondary N) is 2. The number of hydroxylamine groups is 1. The van der Waals surface area contributed by atoms with E-state index in [9.17, 15) is 13.2 Å². The lowest BCUT2D eigenvalue weighted by Gasteiger charge is -2.34. The van der Waals surface area contributed by atoms with Crippen molar-refractivity contribution in [1.29, 1.82) is 0 Å². The predicted molar refractivity (Wildman–Crippen MR) is 126 cm³/mol. The summed E-state index contributed by atoms with van der Waals surface area (Å²) in [7, 11) is -4.06. The number of amides is 1. The van der Waals surface area contributed by atoms with Gasteiger partial charge in [0.15, 0.2) is 20.2 Å². The third kappa shape index (κ3) is 5.12. The number of hydrogen-bond acceptors (Lipinski definition) is 9. The van der Waals surface area contributed by atoms with Crippen LogP contribution in [-0.2, 0) is 19.4 Å². The zero-order valence-electron chi connectivity index (χ0n) is 18.2. The molecule has 2 aromatic carbocycles. The van der Waals surface area contributed by atoms with Crippen LogP contribution in [0.3, 0.4) is 0 Å². The molecule has 1 saturated heterocycles. The van der Waals surface area contributed by atoms with E-state index in [0.29, 0.717) is 36.9 Å². The SMILES string of the molecule is Cl.O=C(NO)C1(S(=O)(=O)c2ccc(OCCCNc3nc4ccccc4o3)cc2)CCOCC1. The smallest absolute Gasteiger partial charge is 0.295 e. The van der Waals surface area contributed by atoms with Gasteiger partial charge in [-0.3, -0.25) is 10.0 Å². The number of benzene rings is 2. The Balaban J connectivity index is 0.00000324. The van der Waals surface area contributed by atoms with Gasteiger partial charge >= 0.3 is 0 Å². The molecule has 1 aliphatic rings. The first-order valence-corrected chi connectivity index (χ1v) is 12.0. The number of aromatic nitrogens is 1. The Hall–Kier alpha value is -2.86. The molecule has 1 amide bonds. The number of anilines is 1. The van der Waals surface area contributed by atoms with Gasteiger partial charge in [0.25, 0.3) is 11.9 Å². The van der Waals surface area contributed by atoms with Crippen molar-refractivity contribution in [3.8, 4) is 5.75 Å². The minimum absolute atomic E-state index is 0. The van der Waals surface area contributed by atoms with Gasteiger partial charge in [-0.25, -0.2) is 13.9 Å². The second-order valence-electron chi connectivity index (χ2n) is 7.64. The minimum Gasteiger partial charge on any atom is -0.494 e. The predicted octanol–water partition coefficient (Wildman–Crippen LogP) is 2.96. The zero-order chi connectivity index (χ0) is 23.3. The third-order valence-corrected chi connectivity index (χ3v) is 8.14. The number of nitrogens with zero attached hydrogens (tertiary/aromatic N) is 1. The van der Waals surface area contributed by atoms with E-state index < -0.39 is 20.5 Å². The van der Waals surface area contributed by atoms with E-state index in [1.165, 1.54) is 17.6 Å². The molecule has 1 aromatic heterocycles. The quantitative estimate of drug-likeness (QED) is 0.224. The van der Waals surface area contributed by atoms with Crippen LogP contribution in [0, 0.1) is 0 Å². The third-order valence-electron chi connectivity index (χ3n) is 5.62. The van der Waals surface area contributed by atoms with Gasteiger partial charge in [-0.15, -0.1) is 12.4 Å². The first-order valence-electron chi connectivity index (χ1n) is 10.6. The molecule has 0 bridgehead atoms. The van der Waals surface area contributed by atoms with Gasteiger partial charge in [-0.05, 0) is 55.7 Å². The molecule has 1 aliphatic heterocycles. The molecule has 0 atom stereocenters. The molecule has 3 N–H and O–H groups in total. The van der Waals surface area contributed by atoms with Gasteiger partial charge in [0.2, 0.25) is 0 Å². The summed E-state index contributed by atoms with van der Waals surface area (Å²) >= 11 is 0. The molecule has 3 aromatic rings. The highest BCUT2D eigenvalue weighted by Crippen LogP contribution is 2.35. The number of para-hydroxylation sites is 2. The lowest BCUT2D eigenvalue weighted by Crippen LogP contribution is -2.54. The summed E-state index contributed by atoms with van der Waals surface area (Å²) in [6.45, 7) is 1.21. The maximum Gasteiger partial charge on any atom is 0.295 e. The molecule has 0 unspecified atom stereocenters. The van der Waals surface area contributed by atoms with E-state index in [0.717, 1.165) is 5.52 Å². The van der Waals surface area contributed by atoms with E-state index in [1.54, 1.807) is 12.1 Å². The lowest BCUT2D eigenvalue weighted by atomic mass is 9.98. The number of carbonyl (C=O) groups is 1. The van der Waals surface area contributed by atoms with E-state index in [-0.39, 0.29) is 43.4 Å². The maximum absolute atomic E-state index is 13.2. The van der Waals surface area contributed by atoms with Crippen LogP contribution in [0.1, 0.15) is 19.3 Å². The molecule has 4 rings (SSSR count). The first-order chi connectivity index (χ1) is 16.0. The Bertz CT molecular complexity index is 1180. The van der Waals surface area contributed by atoms with Crippen molar-refractivity contribution in [3.63, 3.8) is 0 Å². The van der Waals surface area contributed by atoms with E-state index >= 15 is 0 Å². The van der Waals surface area contributed by atoms with Crippen LogP contribution in [0.5, 0.6) is 5.75 Å². The standard InChI is InChI=1S/C22H25N3O7S.ClH/c26-20(25-27)22(10-14-30-15-11-22)33(28,29)17-8-6-16(7-9-17)31-13-3-12-23-21-24-18-4-1-2-5-19(18)32-21;/h1-2,4-9,27H,3,10-15H2,(H,23,24)(H,25,26);1H. The molecule has 34 heavy (non-hydrogen) atoms. The van der Waals surface area contributed by atoms with Crippen LogP contribution >= 0.6 is 12.4 Å². The number of oxazole rings is 1. The second-order valence-corrected chi connectivity index (χ2v) is 9.90. The number of fused-ring (bicyclic) bond motifs is 1. The molecular formula is C22H26ClN3O7S. The highest BCUT2D eigenvalue weighted by Gasteiger charge is 2.52. The molecule has 0 aliphatic carbocycles. The van der Waals surface area contributed by atoms with Crippen molar-refractivity contribution in [1.82, 2.24) is 10.5 Å². The minimum atomic E-state index is -4.06. The molecule has 10 nitrogen and oxygen atoms in total. The van der Waals surface area contributed by atoms with Gasteiger partial charge in [0, 0.05) is 19.8 Å². The van der Waals surface area contributed by atoms with Crippen LogP contribution in [0.25, 0.3) is 11.1 Å². The number of rotatable bonds is 9. The Morgan fingerprint density at radius 1 is 1.12 bits per heavy atom. The van der Waals surface area contributed by atoms with E-state index in [4.69, 9.17) is 19.1 Å². The van der Waals surface area contributed by atoms with Gasteiger partial charge < -0.3 is 19.2 Å². The molecule has 12 heteroatoms. The fourth-order valence-corrected chi connectivity index (χ4v) is 5.71. The Labute approximate surface area is 202 Å². The summed E-state index contributed by atoms with van der Waals surface area (Å²) in [6.07, 6.45) is 0.596. The van der Waals surface area contributed by atoms with Crippen molar-refractivity contribution in [2.45, 2.75) is 28.9 Å². The molecule has 0 radical (unpaired) electrons. The van der Waals surface area contributed by atoms with Gasteiger partial charge in [-0.1, -0.05) is 12.1 Å². The van der Waals surface area contributed by atoms with Gasteiger partial charge in [0.1, 0.15) is 11.3 Å². The molecule has 0 spiro atoms. The van der Waals surface area contributed by atoms with Crippen LogP contribution in [-0.4, -0.2) is 55.6 Å². The first kappa shape index (κ1) is 25.8. The largest absolute Gasteiger partial charge is 0.494 e. The van der Waals surface area contributed by atoms with Crippen molar-refractivity contribution in [2.75, 3.05) is 31.7 Å². The summed E-state index contributed by atoms with van der Waals surface area (Å²) in [4.78, 5) is 16.6. The normalized spacial score (nSPS) is 15.3. The summed E-state index contributed by atoms with van der Waals surface area (Å²) in [5, 5.41) is 12.2. The van der Waals surface area contributed by atoms with Gasteiger partial charge in [0.05, 0.1) is 11.5 Å². The van der Waals surface area contributed by atoms with Crippen molar-refractivity contribution in [2.24, 2.45) is 0 Å². The summed E-state index contributed by atoms with van der Waals surface area (Å²) < 4.78 is 41.2. The van der Waals surface area contributed by atoms with Crippen LogP contribution in [0.15, 0.2) is 57.8 Å². The summed E-state index contributed by atoms with van der Waals surface area (Å²) in [5.74, 6) is -0.444. The topological polar surface area (TPSA) is 140 Å². The number of sulfone groups is 1.